The highest BCUT2D eigenvalue weighted by Gasteiger charge is 2.25. The molecule has 150 valence electrons. The van der Waals surface area contributed by atoms with E-state index in [2.05, 4.69) is 10.0 Å². The maximum Gasteiger partial charge on any atom is 0.241 e. The Kier molecular flexibility index (Phi) is 5.62. The molecule has 1 unspecified atom stereocenters. The molecule has 1 heterocycles. The minimum absolute atomic E-state index is 0.182. The topological polar surface area (TPSA) is 93.7 Å². The summed E-state index contributed by atoms with van der Waals surface area (Å²) in [4.78, 5) is 12.6. The van der Waals surface area contributed by atoms with Crippen molar-refractivity contribution in [2.24, 2.45) is 0 Å². The molecule has 3 rings (SSSR count). The van der Waals surface area contributed by atoms with Crippen LogP contribution >= 0.6 is 0 Å². The van der Waals surface area contributed by atoms with Gasteiger partial charge in [0.05, 0.1) is 10.9 Å². The minimum Gasteiger partial charge on any atom is -0.454 e. The lowest BCUT2D eigenvalue weighted by atomic mass is 10.1. The van der Waals surface area contributed by atoms with Crippen LogP contribution in [0.15, 0.2) is 35.2 Å². The molecule has 0 saturated carbocycles. The second kappa shape index (κ2) is 7.81. The number of benzene rings is 2. The Hall–Kier alpha value is -2.58. The number of rotatable bonds is 6. The fourth-order valence-corrected chi connectivity index (χ4v) is 4.98. The number of nitrogens with one attached hydrogen (secondary N) is 2. The largest absolute Gasteiger partial charge is 0.454 e. The Morgan fingerprint density at radius 1 is 1.07 bits per heavy atom. The maximum absolute atomic E-state index is 12.8. The molecular formula is C20H24N2O5S. The molecule has 1 atom stereocenters. The third-order valence-electron chi connectivity index (χ3n) is 4.50. The predicted octanol–water partition coefficient (Wildman–Crippen LogP) is 2.32. The van der Waals surface area contributed by atoms with E-state index in [1.165, 1.54) is 6.92 Å². The van der Waals surface area contributed by atoms with Gasteiger partial charge < -0.3 is 14.8 Å². The van der Waals surface area contributed by atoms with Gasteiger partial charge in [-0.2, -0.15) is 4.72 Å². The van der Waals surface area contributed by atoms with E-state index >= 15 is 0 Å². The molecule has 0 saturated heterocycles. The van der Waals surface area contributed by atoms with E-state index in [9.17, 15) is 13.2 Å². The molecule has 8 heteroatoms. The predicted molar refractivity (Wildman–Crippen MR) is 105 cm³/mol. The molecule has 0 bridgehead atoms. The first-order valence-corrected chi connectivity index (χ1v) is 10.4. The molecule has 1 aliphatic rings. The van der Waals surface area contributed by atoms with Crippen molar-refractivity contribution in [3.8, 4) is 11.5 Å². The summed E-state index contributed by atoms with van der Waals surface area (Å²) in [5, 5.41) is 2.74. The summed E-state index contributed by atoms with van der Waals surface area (Å²) in [6.45, 7) is 7.37. The van der Waals surface area contributed by atoms with Crippen LogP contribution in [0.1, 0.15) is 29.2 Å². The highest BCUT2D eigenvalue weighted by atomic mass is 32.2. The second-order valence-corrected chi connectivity index (χ2v) is 8.63. The van der Waals surface area contributed by atoms with Crippen molar-refractivity contribution in [3.63, 3.8) is 0 Å². The summed E-state index contributed by atoms with van der Waals surface area (Å²) >= 11 is 0. The van der Waals surface area contributed by atoms with Crippen LogP contribution in [0.4, 0.5) is 0 Å². The van der Waals surface area contributed by atoms with Crippen molar-refractivity contribution in [2.75, 3.05) is 6.79 Å². The van der Waals surface area contributed by atoms with E-state index < -0.39 is 22.0 Å². The first kappa shape index (κ1) is 20.2. The summed E-state index contributed by atoms with van der Waals surface area (Å²) < 4.78 is 38.6. The van der Waals surface area contributed by atoms with Crippen molar-refractivity contribution in [3.05, 3.63) is 52.6 Å². The average Bonchev–Trinajstić information content (AvgIpc) is 3.05. The van der Waals surface area contributed by atoms with Gasteiger partial charge in [0.1, 0.15) is 0 Å². The molecule has 28 heavy (non-hydrogen) atoms. The zero-order valence-electron chi connectivity index (χ0n) is 16.3. The van der Waals surface area contributed by atoms with E-state index in [0.29, 0.717) is 22.6 Å². The van der Waals surface area contributed by atoms with Crippen molar-refractivity contribution in [1.29, 1.82) is 0 Å². The Bertz CT molecular complexity index is 994. The molecule has 1 aliphatic heterocycles. The zero-order valence-corrected chi connectivity index (χ0v) is 17.1. The van der Waals surface area contributed by atoms with E-state index in [0.717, 1.165) is 11.1 Å². The third kappa shape index (κ3) is 4.28. The van der Waals surface area contributed by atoms with Gasteiger partial charge in [-0.1, -0.05) is 23.8 Å². The van der Waals surface area contributed by atoms with Crippen LogP contribution in [0, 0.1) is 20.8 Å². The lowest BCUT2D eigenvalue weighted by Crippen LogP contribution is -2.44. The lowest BCUT2D eigenvalue weighted by Gasteiger charge is -2.17. The molecule has 2 N–H and O–H groups in total. The second-order valence-electron chi connectivity index (χ2n) is 6.98. The van der Waals surface area contributed by atoms with Gasteiger partial charge in [-0.25, -0.2) is 8.42 Å². The van der Waals surface area contributed by atoms with Crippen LogP contribution in [0.5, 0.6) is 11.5 Å². The first-order chi connectivity index (χ1) is 13.2. The Morgan fingerprint density at radius 2 is 1.71 bits per heavy atom. The quantitative estimate of drug-likeness (QED) is 0.771. The number of ether oxygens (including phenoxy) is 2. The average molecular weight is 404 g/mol. The first-order valence-electron chi connectivity index (χ1n) is 8.94. The monoisotopic (exact) mass is 404 g/mol. The number of hydrogen-bond acceptors (Lipinski definition) is 5. The Labute approximate surface area is 165 Å². The van der Waals surface area contributed by atoms with Crippen molar-refractivity contribution >= 4 is 15.9 Å². The number of amides is 1. The molecule has 0 aromatic heterocycles. The smallest absolute Gasteiger partial charge is 0.241 e. The molecule has 0 aliphatic carbocycles. The van der Waals surface area contributed by atoms with Crippen LogP contribution in [-0.2, 0) is 21.4 Å². The third-order valence-corrected chi connectivity index (χ3v) is 6.35. The summed E-state index contributed by atoms with van der Waals surface area (Å²) in [5.41, 5.74) is 3.12. The van der Waals surface area contributed by atoms with Crippen LogP contribution in [0.25, 0.3) is 0 Å². The lowest BCUT2D eigenvalue weighted by molar-refractivity contribution is -0.122. The van der Waals surface area contributed by atoms with Crippen LogP contribution in [-0.4, -0.2) is 27.2 Å². The Morgan fingerprint density at radius 3 is 2.39 bits per heavy atom. The van der Waals surface area contributed by atoms with Gasteiger partial charge in [-0.3, -0.25) is 4.79 Å². The van der Waals surface area contributed by atoms with Crippen LogP contribution in [0.3, 0.4) is 0 Å². The number of hydrogen-bond donors (Lipinski definition) is 2. The summed E-state index contributed by atoms with van der Waals surface area (Å²) in [7, 11) is -3.82. The molecule has 2 aromatic rings. The molecule has 2 aromatic carbocycles. The molecule has 0 radical (unpaired) electrons. The summed E-state index contributed by atoms with van der Waals surface area (Å²) in [6, 6.07) is 8.09. The highest BCUT2D eigenvalue weighted by Crippen LogP contribution is 2.32. The summed E-state index contributed by atoms with van der Waals surface area (Å²) in [6.07, 6.45) is 0. The fraction of sp³-hybridized carbons (Fsp3) is 0.350. The number of carbonyl (C=O) groups excluding carboxylic acids is 1. The van der Waals surface area contributed by atoms with Crippen molar-refractivity contribution < 1.29 is 22.7 Å². The van der Waals surface area contributed by atoms with Gasteiger partial charge >= 0.3 is 0 Å². The Balaban J connectivity index is 1.65. The van der Waals surface area contributed by atoms with Crippen molar-refractivity contribution in [2.45, 2.75) is 45.2 Å². The van der Waals surface area contributed by atoms with Crippen LogP contribution < -0.4 is 19.5 Å². The van der Waals surface area contributed by atoms with E-state index in [1.54, 1.807) is 26.0 Å². The fourth-order valence-electron chi connectivity index (χ4n) is 3.33. The zero-order chi connectivity index (χ0) is 20.5. The molecule has 7 nitrogen and oxygen atoms in total. The minimum atomic E-state index is -3.82. The maximum atomic E-state index is 12.8. The van der Waals surface area contributed by atoms with Gasteiger partial charge in [0.25, 0.3) is 0 Å². The molecular weight excluding hydrogens is 380 g/mol. The van der Waals surface area contributed by atoms with Gasteiger partial charge in [0.2, 0.25) is 22.7 Å². The van der Waals surface area contributed by atoms with Gasteiger partial charge in [-0.15, -0.1) is 0 Å². The normalized spacial score (nSPS) is 14.0. The van der Waals surface area contributed by atoms with E-state index in [1.807, 2.05) is 25.1 Å². The number of aryl methyl sites for hydroxylation is 3. The standard InChI is InChI=1S/C20H24N2O5S/c1-12-7-13(2)19(14(3)8-12)28(24,25)22-15(4)20(23)21-10-16-5-6-17-18(9-16)27-11-26-17/h5-9,15,22H,10-11H2,1-4H3,(H,21,23). The van der Waals surface area contributed by atoms with Gasteiger partial charge in [0.15, 0.2) is 11.5 Å². The number of sulfonamides is 1. The molecule has 1 amide bonds. The summed E-state index contributed by atoms with van der Waals surface area (Å²) in [5.74, 6) is 0.884. The number of fused-ring (bicyclic) bond motifs is 1. The molecule has 0 spiro atoms. The molecule has 0 fully saturated rings. The van der Waals surface area contributed by atoms with Crippen molar-refractivity contribution in [1.82, 2.24) is 10.0 Å². The van der Waals surface area contributed by atoms with Gasteiger partial charge in [-0.05, 0) is 56.5 Å². The SMILES string of the molecule is Cc1cc(C)c(S(=O)(=O)NC(C)C(=O)NCc2ccc3c(c2)OCO3)c(C)c1. The van der Waals surface area contributed by atoms with Crippen LogP contribution in [0.2, 0.25) is 0 Å². The van der Waals surface area contributed by atoms with E-state index in [-0.39, 0.29) is 18.2 Å². The highest BCUT2D eigenvalue weighted by molar-refractivity contribution is 7.89. The number of carbonyl (C=O) groups is 1. The van der Waals surface area contributed by atoms with Gasteiger partial charge in [0, 0.05) is 6.54 Å². The van der Waals surface area contributed by atoms with E-state index in [4.69, 9.17) is 9.47 Å².